The Kier molecular flexibility index (Phi) is 5.94. The fourth-order valence-electron chi connectivity index (χ4n) is 2.39. The number of nitrogens with two attached hydrogens (primary N) is 1. The molecule has 4 nitrogen and oxygen atoms in total. The number of carbonyl (C=O) groups excluding carboxylic acids is 1. The number of rotatable bonds is 6. The van der Waals surface area contributed by atoms with E-state index in [-0.39, 0.29) is 5.91 Å². The van der Waals surface area contributed by atoms with Crippen molar-refractivity contribution in [2.45, 2.75) is 44.5 Å². The van der Waals surface area contributed by atoms with Crippen molar-refractivity contribution in [1.29, 1.82) is 0 Å². The average Bonchev–Trinajstić information content (AvgIpc) is 2.84. The van der Waals surface area contributed by atoms with Gasteiger partial charge in [0.15, 0.2) is 0 Å². The number of hydrogen-bond acceptors (Lipinski definition) is 4. The molecule has 21 heavy (non-hydrogen) atoms. The van der Waals surface area contributed by atoms with Crippen LogP contribution in [-0.2, 0) is 9.53 Å². The van der Waals surface area contributed by atoms with Crippen LogP contribution in [0.15, 0.2) is 18.2 Å². The first kappa shape index (κ1) is 16.2. The second-order valence-corrected chi connectivity index (χ2v) is 6.85. The van der Waals surface area contributed by atoms with Gasteiger partial charge in [-0.05, 0) is 50.1 Å². The number of hydrogen-bond donors (Lipinski definition) is 2. The molecular formula is C16H24N2O2S. The molecule has 0 spiro atoms. The van der Waals surface area contributed by atoms with Crippen molar-refractivity contribution >= 4 is 29.0 Å². The summed E-state index contributed by atoms with van der Waals surface area (Å²) >= 11 is 1.92. The molecule has 1 amide bonds. The average molecular weight is 308 g/mol. The molecule has 1 fully saturated rings. The fourth-order valence-corrected chi connectivity index (χ4v) is 3.61. The maximum Gasteiger partial charge on any atom is 0.224 e. The predicted octanol–water partition coefficient (Wildman–Crippen LogP) is 3.21. The number of aryl methyl sites for hydroxylation is 1. The van der Waals surface area contributed by atoms with Crippen LogP contribution in [-0.4, -0.2) is 29.6 Å². The van der Waals surface area contributed by atoms with E-state index < -0.39 is 0 Å². The van der Waals surface area contributed by atoms with Crippen molar-refractivity contribution in [2.75, 3.05) is 23.4 Å². The summed E-state index contributed by atoms with van der Waals surface area (Å²) in [5, 5.41) is 3.52. The Morgan fingerprint density at radius 2 is 2.33 bits per heavy atom. The minimum Gasteiger partial charge on any atom is -0.399 e. The standard InChI is InChI=1S/C16H24N2O2S/c1-11-5-6-13(17)10-14(11)18-16(19)4-3-9-21-15-7-8-20-12(15)2/h5-6,10,12,15H,3-4,7-9,17H2,1-2H3,(H,18,19). The molecule has 2 atom stereocenters. The Morgan fingerprint density at radius 3 is 3.05 bits per heavy atom. The molecule has 1 heterocycles. The largest absolute Gasteiger partial charge is 0.399 e. The van der Waals surface area contributed by atoms with Gasteiger partial charge < -0.3 is 15.8 Å². The van der Waals surface area contributed by atoms with Gasteiger partial charge in [-0.2, -0.15) is 11.8 Å². The lowest BCUT2D eigenvalue weighted by Gasteiger charge is -2.13. The van der Waals surface area contributed by atoms with Gasteiger partial charge in [0, 0.05) is 29.7 Å². The highest BCUT2D eigenvalue weighted by atomic mass is 32.2. The first-order valence-electron chi connectivity index (χ1n) is 7.45. The van der Waals surface area contributed by atoms with Crippen LogP contribution in [0, 0.1) is 6.92 Å². The van der Waals surface area contributed by atoms with Gasteiger partial charge in [-0.1, -0.05) is 6.07 Å². The third kappa shape index (κ3) is 4.93. The van der Waals surface area contributed by atoms with Gasteiger partial charge >= 0.3 is 0 Å². The van der Waals surface area contributed by atoms with Crippen LogP contribution in [0.4, 0.5) is 11.4 Å². The van der Waals surface area contributed by atoms with E-state index in [4.69, 9.17) is 10.5 Å². The molecule has 1 aliphatic rings. The summed E-state index contributed by atoms with van der Waals surface area (Å²) in [5.41, 5.74) is 8.25. The van der Waals surface area contributed by atoms with Crippen molar-refractivity contribution in [3.63, 3.8) is 0 Å². The van der Waals surface area contributed by atoms with E-state index in [9.17, 15) is 4.79 Å². The number of benzene rings is 1. The zero-order chi connectivity index (χ0) is 15.2. The third-order valence-electron chi connectivity index (χ3n) is 3.72. The van der Waals surface area contributed by atoms with Gasteiger partial charge in [0.05, 0.1) is 6.10 Å². The number of carbonyl (C=O) groups is 1. The first-order chi connectivity index (χ1) is 10.1. The zero-order valence-electron chi connectivity index (χ0n) is 12.7. The molecule has 0 aliphatic carbocycles. The lowest BCUT2D eigenvalue weighted by atomic mass is 10.1. The number of anilines is 2. The van der Waals surface area contributed by atoms with Gasteiger partial charge in [0.25, 0.3) is 0 Å². The molecule has 0 aromatic heterocycles. The van der Waals surface area contributed by atoms with Crippen LogP contribution in [0.2, 0.25) is 0 Å². The smallest absolute Gasteiger partial charge is 0.224 e. The van der Waals surface area contributed by atoms with Crippen molar-refractivity contribution in [3.05, 3.63) is 23.8 Å². The lowest BCUT2D eigenvalue weighted by Crippen LogP contribution is -2.15. The molecule has 0 saturated carbocycles. The van der Waals surface area contributed by atoms with Crippen molar-refractivity contribution < 1.29 is 9.53 Å². The quantitative estimate of drug-likeness (QED) is 0.625. The van der Waals surface area contributed by atoms with Crippen LogP contribution in [0.25, 0.3) is 0 Å². The highest BCUT2D eigenvalue weighted by Crippen LogP contribution is 2.27. The molecule has 116 valence electrons. The summed E-state index contributed by atoms with van der Waals surface area (Å²) in [6, 6.07) is 5.56. The molecule has 3 N–H and O–H groups in total. The number of nitrogens with one attached hydrogen (secondary N) is 1. The fraction of sp³-hybridized carbons (Fsp3) is 0.562. The zero-order valence-corrected chi connectivity index (χ0v) is 13.5. The summed E-state index contributed by atoms with van der Waals surface area (Å²) in [6.07, 6.45) is 2.91. The maximum absolute atomic E-state index is 12.0. The Bertz CT molecular complexity index is 493. The van der Waals surface area contributed by atoms with Gasteiger partial charge in [0.1, 0.15) is 0 Å². The number of nitrogen functional groups attached to an aromatic ring is 1. The summed E-state index contributed by atoms with van der Waals surface area (Å²) in [5.74, 6) is 1.06. The van der Waals surface area contributed by atoms with Gasteiger partial charge in [0.2, 0.25) is 5.91 Å². The lowest BCUT2D eigenvalue weighted by molar-refractivity contribution is -0.116. The van der Waals surface area contributed by atoms with E-state index in [1.165, 1.54) is 0 Å². The Balaban J connectivity index is 1.69. The van der Waals surface area contributed by atoms with Gasteiger partial charge in [-0.25, -0.2) is 0 Å². The summed E-state index contributed by atoms with van der Waals surface area (Å²) in [7, 11) is 0. The van der Waals surface area contributed by atoms with Crippen molar-refractivity contribution in [1.82, 2.24) is 0 Å². The number of amides is 1. The molecule has 0 bridgehead atoms. The van der Waals surface area contributed by atoms with Crippen LogP contribution < -0.4 is 11.1 Å². The highest BCUT2D eigenvalue weighted by molar-refractivity contribution is 7.99. The molecule has 1 aliphatic heterocycles. The van der Waals surface area contributed by atoms with Crippen molar-refractivity contribution in [2.24, 2.45) is 0 Å². The predicted molar refractivity (Wildman–Crippen MR) is 89.7 cm³/mol. The normalized spacial score (nSPS) is 21.4. The van der Waals surface area contributed by atoms with Gasteiger partial charge in [-0.3, -0.25) is 4.79 Å². The van der Waals surface area contributed by atoms with Crippen LogP contribution in [0.1, 0.15) is 31.7 Å². The molecule has 5 heteroatoms. The number of ether oxygens (including phenoxy) is 1. The topological polar surface area (TPSA) is 64.3 Å². The molecule has 0 radical (unpaired) electrons. The highest BCUT2D eigenvalue weighted by Gasteiger charge is 2.24. The Labute approximate surface area is 130 Å². The van der Waals surface area contributed by atoms with Crippen LogP contribution in [0.3, 0.4) is 0 Å². The van der Waals surface area contributed by atoms with E-state index >= 15 is 0 Å². The summed E-state index contributed by atoms with van der Waals surface area (Å²) in [6.45, 7) is 4.96. The first-order valence-corrected chi connectivity index (χ1v) is 8.50. The van der Waals surface area contributed by atoms with E-state index in [1.54, 1.807) is 6.07 Å². The summed E-state index contributed by atoms with van der Waals surface area (Å²) in [4.78, 5) is 12.0. The van der Waals surface area contributed by atoms with Crippen LogP contribution in [0.5, 0.6) is 0 Å². The Morgan fingerprint density at radius 1 is 1.52 bits per heavy atom. The monoisotopic (exact) mass is 308 g/mol. The third-order valence-corrected chi connectivity index (χ3v) is 5.29. The van der Waals surface area contributed by atoms with E-state index in [2.05, 4.69) is 12.2 Å². The van der Waals surface area contributed by atoms with E-state index in [1.807, 2.05) is 30.8 Å². The molecule has 1 aromatic carbocycles. The van der Waals surface area contributed by atoms with Crippen molar-refractivity contribution in [3.8, 4) is 0 Å². The summed E-state index contributed by atoms with van der Waals surface area (Å²) < 4.78 is 5.53. The van der Waals surface area contributed by atoms with Crippen LogP contribution >= 0.6 is 11.8 Å². The molecule has 2 rings (SSSR count). The van der Waals surface area contributed by atoms with E-state index in [0.717, 1.165) is 36.5 Å². The minimum absolute atomic E-state index is 0.0556. The number of thioether (sulfide) groups is 1. The molecule has 1 aromatic rings. The maximum atomic E-state index is 12.0. The molecule has 2 unspecified atom stereocenters. The molecule has 1 saturated heterocycles. The van der Waals surface area contributed by atoms with Gasteiger partial charge in [-0.15, -0.1) is 0 Å². The Hall–Kier alpha value is -1.20. The second-order valence-electron chi connectivity index (χ2n) is 5.50. The van der Waals surface area contributed by atoms with E-state index in [0.29, 0.717) is 23.5 Å². The SMILES string of the molecule is Cc1ccc(N)cc1NC(=O)CCCSC1CCOC1C. The molecular weight excluding hydrogens is 284 g/mol. The minimum atomic E-state index is 0.0556. The second kappa shape index (κ2) is 7.71.